The van der Waals surface area contributed by atoms with E-state index in [0.29, 0.717) is 22.9 Å². The first-order valence-corrected chi connectivity index (χ1v) is 6.62. The summed E-state index contributed by atoms with van der Waals surface area (Å²) in [5.41, 5.74) is 1.52. The lowest BCUT2D eigenvalue weighted by molar-refractivity contribution is 0.410. The zero-order valence-electron chi connectivity index (χ0n) is 10.9. The van der Waals surface area contributed by atoms with Crippen LogP contribution in [0.1, 0.15) is 5.56 Å². The van der Waals surface area contributed by atoms with E-state index in [1.807, 2.05) is 35.0 Å². The second kappa shape index (κ2) is 5.17. The van der Waals surface area contributed by atoms with Gasteiger partial charge in [0.05, 0.1) is 24.2 Å². The SMILES string of the molecule is COc1ccc(Cn2ccc3cccc(Cl)c32)c(F)c1. The molecule has 0 aliphatic rings. The van der Waals surface area contributed by atoms with Gasteiger partial charge in [0.2, 0.25) is 0 Å². The summed E-state index contributed by atoms with van der Waals surface area (Å²) in [6.07, 6.45) is 1.92. The minimum atomic E-state index is -0.279. The number of halogens is 2. The molecular weight excluding hydrogens is 277 g/mol. The van der Waals surface area contributed by atoms with Gasteiger partial charge in [-0.15, -0.1) is 0 Å². The normalized spacial score (nSPS) is 10.9. The summed E-state index contributed by atoms with van der Waals surface area (Å²) < 4.78 is 21.0. The molecule has 0 radical (unpaired) electrons. The van der Waals surface area contributed by atoms with Crippen LogP contribution in [0.4, 0.5) is 4.39 Å². The monoisotopic (exact) mass is 289 g/mol. The molecule has 0 amide bonds. The third-order valence-corrected chi connectivity index (χ3v) is 3.65. The van der Waals surface area contributed by atoms with E-state index in [0.717, 1.165) is 10.9 Å². The summed E-state index contributed by atoms with van der Waals surface area (Å²) in [6.45, 7) is 0.434. The van der Waals surface area contributed by atoms with E-state index in [-0.39, 0.29) is 5.82 Å². The van der Waals surface area contributed by atoms with Crippen molar-refractivity contribution in [3.63, 3.8) is 0 Å². The molecule has 3 aromatic rings. The van der Waals surface area contributed by atoms with E-state index in [2.05, 4.69) is 0 Å². The van der Waals surface area contributed by atoms with E-state index >= 15 is 0 Å². The van der Waals surface area contributed by atoms with Crippen molar-refractivity contribution in [1.82, 2.24) is 4.57 Å². The molecule has 0 bridgehead atoms. The van der Waals surface area contributed by atoms with Crippen LogP contribution in [0.15, 0.2) is 48.7 Å². The van der Waals surface area contributed by atoms with Crippen molar-refractivity contribution in [2.24, 2.45) is 0 Å². The first-order chi connectivity index (χ1) is 9.69. The van der Waals surface area contributed by atoms with Crippen molar-refractivity contribution in [2.45, 2.75) is 6.54 Å². The van der Waals surface area contributed by atoms with Gasteiger partial charge in [-0.05, 0) is 18.2 Å². The third kappa shape index (κ3) is 2.25. The molecule has 0 unspecified atom stereocenters. The molecular formula is C16H13ClFNO. The molecule has 0 N–H and O–H groups in total. The van der Waals surface area contributed by atoms with Gasteiger partial charge in [0.15, 0.2) is 0 Å². The van der Waals surface area contributed by atoms with Crippen LogP contribution in [0.5, 0.6) is 5.75 Å². The molecule has 2 nitrogen and oxygen atoms in total. The number of para-hydroxylation sites is 1. The van der Waals surface area contributed by atoms with Gasteiger partial charge in [0, 0.05) is 23.2 Å². The maximum absolute atomic E-state index is 14.0. The summed E-state index contributed by atoms with van der Waals surface area (Å²) in [7, 11) is 1.52. The lowest BCUT2D eigenvalue weighted by Gasteiger charge is -2.09. The predicted octanol–water partition coefficient (Wildman–Crippen LogP) is 4.49. The second-order valence-electron chi connectivity index (χ2n) is 4.58. The van der Waals surface area contributed by atoms with Gasteiger partial charge in [-0.1, -0.05) is 29.8 Å². The number of hydrogen-bond acceptors (Lipinski definition) is 1. The first kappa shape index (κ1) is 13.0. The maximum atomic E-state index is 14.0. The van der Waals surface area contributed by atoms with Gasteiger partial charge in [-0.25, -0.2) is 4.39 Å². The minimum absolute atomic E-state index is 0.279. The number of benzene rings is 2. The number of methoxy groups -OCH3 is 1. The zero-order valence-corrected chi connectivity index (χ0v) is 11.7. The van der Waals surface area contributed by atoms with Crippen LogP contribution < -0.4 is 4.74 Å². The molecule has 1 aromatic heterocycles. The topological polar surface area (TPSA) is 14.2 Å². The molecule has 102 valence electrons. The Kier molecular flexibility index (Phi) is 3.36. The number of nitrogens with zero attached hydrogens (tertiary/aromatic N) is 1. The largest absolute Gasteiger partial charge is 0.497 e. The van der Waals surface area contributed by atoms with Crippen molar-refractivity contribution in [3.05, 3.63) is 65.1 Å². The zero-order chi connectivity index (χ0) is 14.1. The van der Waals surface area contributed by atoms with Crippen LogP contribution in [0, 0.1) is 5.82 Å². The van der Waals surface area contributed by atoms with Crippen LogP contribution in [0.3, 0.4) is 0 Å². The van der Waals surface area contributed by atoms with Gasteiger partial charge < -0.3 is 9.30 Å². The Morgan fingerprint density at radius 2 is 2.05 bits per heavy atom. The number of rotatable bonds is 3. The fraction of sp³-hybridized carbons (Fsp3) is 0.125. The Morgan fingerprint density at radius 3 is 2.80 bits per heavy atom. The fourth-order valence-corrected chi connectivity index (χ4v) is 2.60. The molecule has 20 heavy (non-hydrogen) atoms. The number of fused-ring (bicyclic) bond motifs is 1. The molecule has 0 aliphatic heterocycles. The first-order valence-electron chi connectivity index (χ1n) is 6.25. The molecule has 0 aliphatic carbocycles. The van der Waals surface area contributed by atoms with Gasteiger partial charge in [-0.2, -0.15) is 0 Å². The molecule has 0 atom stereocenters. The van der Waals surface area contributed by atoms with Gasteiger partial charge in [-0.3, -0.25) is 0 Å². The average Bonchev–Trinajstić information content (AvgIpc) is 2.85. The molecule has 4 heteroatoms. The van der Waals surface area contributed by atoms with Crippen LogP contribution in [0.25, 0.3) is 10.9 Å². The summed E-state index contributed by atoms with van der Waals surface area (Å²) in [5.74, 6) is 0.236. The van der Waals surface area contributed by atoms with Crippen molar-refractivity contribution in [2.75, 3.05) is 7.11 Å². The number of hydrogen-bond donors (Lipinski definition) is 0. The molecule has 0 fully saturated rings. The molecule has 0 saturated heterocycles. The molecule has 3 rings (SSSR count). The van der Waals surface area contributed by atoms with E-state index in [1.54, 1.807) is 12.1 Å². The highest BCUT2D eigenvalue weighted by molar-refractivity contribution is 6.35. The highest BCUT2D eigenvalue weighted by Gasteiger charge is 2.09. The predicted molar refractivity (Wildman–Crippen MR) is 79.0 cm³/mol. The van der Waals surface area contributed by atoms with E-state index < -0.39 is 0 Å². The average molecular weight is 290 g/mol. The Morgan fingerprint density at radius 1 is 1.20 bits per heavy atom. The van der Waals surface area contributed by atoms with Crippen molar-refractivity contribution in [1.29, 1.82) is 0 Å². The molecule has 2 aromatic carbocycles. The lowest BCUT2D eigenvalue weighted by Crippen LogP contribution is -2.01. The van der Waals surface area contributed by atoms with Crippen molar-refractivity contribution in [3.8, 4) is 5.75 Å². The van der Waals surface area contributed by atoms with Crippen molar-refractivity contribution >= 4 is 22.5 Å². The minimum Gasteiger partial charge on any atom is -0.497 e. The molecule has 1 heterocycles. The highest BCUT2D eigenvalue weighted by Crippen LogP contribution is 2.26. The number of aromatic nitrogens is 1. The summed E-state index contributed by atoms with van der Waals surface area (Å²) >= 11 is 6.22. The maximum Gasteiger partial charge on any atom is 0.131 e. The Hall–Kier alpha value is -2.00. The summed E-state index contributed by atoms with van der Waals surface area (Å²) in [5, 5.41) is 1.72. The Labute approximate surface area is 121 Å². The molecule has 0 spiro atoms. The smallest absolute Gasteiger partial charge is 0.131 e. The van der Waals surface area contributed by atoms with Crippen LogP contribution in [-0.4, -0.2) is 11.7 Å². The van der Waals surface area contributed by atoms with Crippen molar-refractivity contribution < 1.29 is 9.13 Å². The highest BCUT2D eigenvalue weighted by atomic mass is 35.5. The van der Waals surface area contributed by atoms with Gasteiger partial charge in [0.1, 0.15) is 11.6 Å². The third-order valence-electron chi connectivity index (χ3n) is 3.34. The van der Waals surface area contributed by atoms with E-state index in [9.17, 15) is 4.39 Å². The summed E-state index contributed by atoms with van der Waals surface area (Å²) in [6, 6.07) is 12.6. The van der Waals surface area contributed by atoms with E-state index in [4.69, 9.17) is 16.3 Å². The van der Waals surface area contributed by atoms with Gasteiger partial charge in [0.25, 0.3) is 0 Å². The quantitative estimate of drug-likeness (QED) is 0.693. The Bertz CT molecular complexity index is 766. The Balaban J connectivity index is 2.01. The molecule has 0 saturated carbocycles. The van der Waals surface area contributed by atoms with Crippen LogP contribution in [0.2, 0.25) is 5.02 Å². The lowest BCUT2D eigenvalue weighted by atomic mass is 10.2. The van der Waals surface area contributed by atoms with E-state index in [1.165, 1.54) is 13.2 Å². The number of ether oxygens (including phenoxy) is 1. The van der Waals surface area contributed by atoms with Gasteiger partial charge >= 0.3 is 0 Å². The van der Waals surface area contributed by atoms with Crippen LogP contribution >= 0.6 is 11.6 Å². The fourth-order valence-electron chi connectivity index (χ4n) is 2.31. The van der Waals surface area contributed by atoms with Crippen LogP contribution in [-0.2, 0) is 6.54 Å². The summed E-state index contributed by atoms with van der Waals surface area (Å²) in [4.78, 5) is 0. The second-order valence-corrected chi connectivity index (χ2v) is 4.99. The standard InChI is InChI=1S/C16H13ClFNO/c1-20-13-6-5-12(15(18)9-13)10-19-8-7-11-3-2-4-14(17)16(11)19/h2-9H,10H2,1H3.